The van der Waals surface area contributed by atoms with Crippen molar-refractivity contribution in [2.75, 3.05) is 0 Å². The minimum Gasteiger partial charge on any atom is -0.475 e. The van der Waals surface area contributed by atoms with Gasteiger partial charge < -0.3 is 14.3 Å². The minimum atomic E-state index is -4.43. The Morgan fingerprint density at radius 2 is 1.89 bits per heavy atom. The molecule has 100 valence electrons. The van der Waals surface area contributed by atoms with E-state index in [0.717, 1.165) is 30.5 Å². The standard InChI is InChI=1S/C11H6F3NO4/c12-11(13,14)6-1-3-7(4-2-6)18-10-15-5-8(19-10)9(16)17/h1-5H,(H,16,17). The van der Waals surface area contributed by atoms with Gasteiger partial charge in [-0.05, 0) is 24.3 Å². The highest BCUT2D eigenvalue weighted by Gasteiger charge is 2.30. The van der Waals surface area contributed by atoms with Gasteiger partial charge >= 0.3 is 18.2 Å². The molecule has 0 spiro atoms. The van der Waals surface area contributed by atoms with E-state index >= 15 is 0 Å². The van der Waals surface area contributed by atoms with Crippen molar-refractivity contribution in [3.8, 4) is 11.8 Å². The summed E-state index contributed by atoms with van der Waals surface area (Å²) in [5, 5.41) is 8.58. The van der Waals surface area contributed by atoms with Crippen LogP contribution in [-0.2, 0) is 6.18 Å². The van der Waals surface area contributed by atoms with E-state index in [1.807, 2.05) is 0 Å². The minimum absolute atomic E-state index is 0.0480. The van der Waals surface area contributed by atoms with Crippen LogP contribution in [0.25, 0.3) is 0 Å². The molecule has 1 heterocycles. The first-order valence-corrected chi connectivity index (χ1v) is 4.90. The molecule has 0 fully saturated rings. The van der Waals surface area contributed by atoms with Crippen molar-refractivity contribution >= 4 is 5.97 Å². The first-order valence-electron chi connectivity index (χ1n) is 4.90. The van der Waals surface area contributed by atoms with Crippen molar-refractivity contribution < 1.29 is 32.2 Å². The summed E-state index contributed by atoms with van der Waals surface area (Å²) in [4.78, 5) is 14.0. The Hall–Kier alpha value is -2.51. The molecule has 0 radical (unpaired) electrons. The summed E-state index contributed by atoms with van der Waals surface area (Å²) in [6, 6.07) is 3.81. The van der Waals surface area contributed by atoms with E-state index in [2.05, 4.69) is 4.98 Å². The Morgan fingerprint density at radius 1 is 1.26 bits per heavy atom. The number of halogens is 3. The van der Waals surface area contributed by atoms with Gasteiger partial charge in [-0.15, -0.1) is 0 Å². The van der Waals surface area contributed by atoms with Crippen LogP contribution in [0.4, 0.5) is 13.2 Å². The lowest BCUT2D eigenvalue weighted by Crippen LogP contribution is -2.03. The first kappa shape index (κ1) is 12.9. The Kier molecular flexibility index (Phi) is 3.16. The Morgan fingerprint density at radius 3 is 2.37 bits per heavy atom. The highest BCUT2D eigenvalue weighted by atomic mass is 19.4. The lowest BCUT2D eigenvalue weighted by molar-refractivity contribution is -0.137. The molecule has 1 aromatic heterocycles. The molecular formula is C11H6F3NO4. The summed E-state index contributed by atoms with van der Waals surface area (Å²) in [7, 11) is 0. The van der Waals surface area contributed by atoms with Crippen LogP contribution < -0.4 is 4.74 Å². The molecule has 1 N–H and O–H groups in total. The fraction of sp³-hybridized carbons (Fsp3) is 0.0909. The van der Waals surface area contributed by atoms with Gasteiger partial charge in [-0.2, -0.15) is 18.2 Å². The number of benzene rings is 1. The number of hydrogen-bond donors (Lipinski definition) is 1. The van der Waals surface area contributed by atoms with Crippen LogP contribution in [0.5, 0.6) is 11.8 Å². The summed E-state index contributed by atoms with van der Waals surface area (Å²) in [5.41, 5.74) is -0.821. The Bertz CT molecular complexity index is 589. The number of nitrogens with zero attached hydrogens (tertiary/aromatic N) is 1. The van der Waals surface area contributed by atoms with E-state index in [4.69, 9.17) is 14.3 Å². The van der Waals surface area contributed by atoms with Crippen molar-refractivity contribution in [3.05, 3.63) is 41.8 Å². The van der Waals surface area contributed by atoms with Crippen molar-refractivity contribution in [2.45, 2.75) is 6.18 Å². The molecule has 0 aliphatic heterocycles. The SMILES string of the molecule is O=C(O)c1cnc(Oc2ccc(C(F)(F)F)cc2)o1. The van der Waals surface area contributed by atoms with E-state index < -0.39 is 23.5 Å². The second kappa shape index (κ2) is 4.63. The average molecular weight is 273 g/mol. The summed E-state index contributed by atoms with van der Waals surface area (Å²) in [6.07, 6.45) is -3.86. The van der Waals surface area contributed by atoms with Crippen LogP contribution in [0.15, 0.2) is 34.9 Å². The fourth-order valence-corrected chi connectivity index (χ4v) is 1.22. The first-order chi connectivity index (χ1) is 8.86. The van der Waals surface area contributed by atoms with Gasteiger partial charge in [0.1, 0.15) is 5.75 Å². The number of carboxylic acids is 1. The largest absolute Gasteiger partial charge is 0.475 e. The van der Waals surface area contributed by atoms with Crippen molar-refractivity contribution in [1.82, 2.24) is 4.98 Å². The number of aromatic carboxylic acids is 1. The van der Waals surface area contributed by atoms with Gasteiger partial charge in [0, 0.05) is 0 Å². The number of alkyl halides is 3. The van der Waals surface area contributed by atoms with Gasteiger partial charge in [-0.1, -0.05) is 0 Å². The zero-order valence-corrected chi connectivity index (χ0v) is 9.14. The Labute approximate surface area is 104 Å². The number of carboxylic acid groups (broad SMARTS) is 1. The zero-order chi connectivity index (χ0) is 14.0. The maximum atomic E-state index is 12.3. The topological polar surface area (TPSA) is 72.6 Å². The van der Waals surface area contributed by atoms with Gasteiger partial charge in [0.25, 0.3) is 0 Å². The zero-order valence-electron chi connectivity index (χ0n) is 9.14. The van der Waals surface area contributed by atoms with Gasteiger partial charge in [0.2, 0.25) is 5.76 Å². The van der Waals surface area contributed by atoms with Gasteiger partial charge in [-0.25, -0.2) is 4.79 Å². The van der Waals surface area contributed by atoms with Gasteiger partial charge in [-0.3, -0.25) is 0 Å². The highest BCUT2D eigenvalue weighted by molar-refractivity contribution is 5.83. The summed E-state index contributed by atoms with van der Waals surface area (Å²) in [5.74, 6) is -1.71. The number of carbonyl (C=O) groups is 1. The number of aromatic nitrogens is 1. The molecule has 5 nitrogen and oxygen atoms in total. The molecular weight excluding hydrogens is 267 g/mol. The molecule has 0 aliphatic carbocycles. The molecule has 2 aromatic rings. The third kappa shape index (κ3) is 3.03. The molecule has 0 saturated carbocycles. The van der Waals surface area contributed by atoms with Crippen LogP contribution in [-0.4, -0.2) is 16.1 Å². The number of hydrogen-bond acceptors (Lipinski definition) is 4. The highest BCUT2D eigenvalue weighted by Crippen LogP contribution is 2.31. The van der Waals surface area contributed by atoms with E-state index in [1.165, 1.54) is 0 Å². The summed E-state index contributed by atoms with van der Waals surface area (Å²) >= 11 is 0. The predicted octanol–water partition coefficient (Wildman–Crippen LogP) is 3.18. The van der Waals surface area contributed by atoms with E-state index in [-0.39, 0.29) is 11.8 Å². The lowest BCUT2D eigenvalue weighted by atomic mass is 10.2. The number of oxazole rings is 1. The average Bonchev–Trinajstić information content (AvgIpc) is 2.77. The molecule has 0 aliphatic rings. The third-order valence-electron chi connectivity index (χ3n) is 2.08. The lowest BCUT2D eigenvalue weighted by Gasteiger charge is -2.06. The second-order valence-electron chi connectivity index (χ2n) is 3.42. The Balaban J connectivity index is 2.13. The van der Waals surface area contributed by atoms with Crippen molar-refractivity contribution in [3.63, 3.8) is 0 Å². The van der Waals surface area contributed by atoms with Crippen LogP contribution >= 0.6 is 0 Å². The fourth-order valence-electron chi connectivity index (χ4n) is 1.22. The van der Waals surface area contributed by atoms with Crippen molar-refractivity contribution in [1.29, 1.82) is 0 Å². The smallest absolute Gasteiger partial charge is 0.416 e. The molecule has 2 rings (SSSR count). The third-order valence-corrected chi connectivity index (χ3v) is 2.08. The maximum absolute atomic E-state index is 12.3. The number of ether oxygens (including phenoxy) is 1. The molecule has 0 bridgehead atoms. The van der Waals surface area contributed by atoms with Gasteiger partial charge in [0.15, 0.2) is 0 Å². The molecule has 0 amide bonds. The van der Waals surface area contributed by atoms with Crippen LogP contribution in [0.3, 0.4) is 0 Å². The van der Waals surface area contributed by atoms with Crippen LogP contribution in [0.1, 0.15) is 16.1 Å². The van der Waals surface area contributed by atoms with E-state index in [0.29, 0.717) is 0 Å². The normalized spacial score (nSPS) is 11.3. The quantitative estimate of drug-likeness (QED) is 0.929. The van der Waals surface area contributed by atoms with Crippen LogP contribution in [0, 0.1) is 0 Å². The monoisotopic (exact) mass is 273 g/mol. The van der Waals surface area contributed by atoms with E-state index in [9.17, 15) is 18.0 Å². The predicted molar refractivity (Wildman–Crippen MR) is 55.0 cm³/mol. The van der Waals surface area contributed by atoms with E-state index in [1.54, 1.807) is 0 Å². The molecule has 0 saturated heterocycles. The molecule has 1 aromatic carbocycles. The molecule has 19 heavy (non-hydrogen) atoms. The van der Waals surface area contributed by atoms with Gasteiger partial charge in [0.05, 0.1) is 11.8 Å². The number of rotatable bonds is 3. The van der Waals surface area contributed by atoms with Crippen LogP contribution in [0.2, 0.25) is 0 Å². The molecule has 8 heteroatoms. The maximum Gasteiger partial charge on any atom is 0.416 e. The summed E-state index contributed by atoms with van der Waals surface area (Å²) in [6.45, 7) is 0. The molecule has 0 unspecified atom stereocenters. The summed E-state index contributed by atoms with van der Waals surface area (Å²) < 4.78 is 46.6. The van der Waals surface area contributed by atoms with Crippen molar-refractivity contribution in [2.24, 2.45) is 0 Å². The second-order valence-corrected chi connectivity index (χ2v) is 3.42. The molecule has 0 atom stereocenters.